The molecule has 0 bridgehead atoms. The van der Waals surface area contributed by atoms with Crippen LogP contribution < -0.4 is 4.74 Å². The molecule has 0 aromatic heterocycles. The lowest BCUT2D eigenvalue weighted by molar-refractivity contribution is -0.400. The normalized spacial score (nSPS) is 10.8. The van der Waals surface area contributed by atoms with Crippen molar-refractivity contribution in [3.63, 3.8) is 0 Å². The van der Waals surface area contributed by atoms with Gasteiger partial charge in [-0.05, 0) is 29.8 Å². The average molecular weight is 308 g/mol. The molecule has 0 aliphatic heterocycles. The van der Waals surface area contributed by atoms with Crippen molar-refractivity contribution in [2.75, 3.05) is 0 Å². The van der Waals surface area contributed by atoms with E-state index in [9.17, 15) is 14.5 Å². The quantitative estimate of drug-likeness (QED) is 0.611. The van der Waals surface area contributed by atoms with Gasteiger partial charge in [0.1, 0.15) is 18.2 Å². The predicted molar refractivity (Wildman–Crippen MR) is 78.2 cm³/mol. The topological polar surface area (TPSA) is 52.4 Å². The molecule has 0 amide bonds. The number of rotatable bonds is 5. The molecule has 0 saturated carbocycles. The van der Waals surface area contributed by atoms with Crippen LogP contribution in [0.3, 0.4) is 0 Å². The van der Waals surface area contributed by atoms with Gasteiger partial charge in [-0.3, -0.25) is 10.1 Å². The highest BCUT2D eigenvalue weighted by Crippen LogP contribution is 2.21. The van der Waals surface area contributed by atoms with Gasteiger partial charge < -0.3 is 4.74 Å². The van der Waals surface area contributed by atoms with Crippen LogP contribution in [0.15, 0.2) is 48.7 Å². The number of hydrogen-bond donors (Lipinski definition) is 0. The maximum atomic E-state index is 13.6. The molecule has 2 aromatic rings. The van der Waals surface area contributed by atoms with E-state index in [0.29, 0.717) is 16.3 Å². The van der Waals surface area contributed by atoms with Crippen molar-refractivity contribution in [2.24, 2.45) is 0 Å². The van der Waals surface area contributed by atoms with E-state index >= 15 is 0 Å². The van der Waals surface area contributed by atoms with Gasteiger partial charge >= 0.3 is 0 Å². The molecular weight excluding hydrogens is 297 g/mol. The van der Waals surface area contributed by atoms with Crippen LogP contribution in [-0.4, -0.2) is 4.92 Å². The molecule has 0 atom stereocenters. The van der Waals surface area contributed by atoms with E-state index in [0.717, 1.165) is 6.20 Å². The minimum Gasteiger partial charge on any atom is -0.489 e. The number of hydrogen-bond acceptors (Lipinski definition) is 3. The summed E-state index contributed by atoms with van der Waals surface area (Å²) in [5.74, 6) is 0.0978. The maximum Gasteiger partial charge on any atom is 0.235 e. The van der Waals surface area contributed by atoms with Crippen LogP contribution in [0, 0.1) is 15.9 Å². The van der Waals surface area contributed by atoms with Crippen LogP contribution in [0.1, 0.15) is 11.1 Å². The van der Waals surface area contributed by atoms with E-state index in [1.54, 1.807) is 30.3 Å². The summed E-state index contributed by atoms with van der Waals surface area (Å²) < 4.78 is 19.0. The summed E-state index contributed by atoms with van der Waals surface area (Å²) in [6.45, 7) is 0.00951. The Morgan fingerprint density at radius 2 is 1.95 bits per heavy atom. The summed E-state index contributed by atoms with van der Waals surface area (Å²) in [7, 11) is 0. The summed E-state index contributed by atoms with van der Waals surface area (Å²) in [4.78, 5) is 9.67. The molecule has 21 heavy (non-hydrogen) atoms. The van der Waals surface area contributed by atoms with Crippen molar-refractivity contribution in [1.29, 1.82) is 0 Å². The van der Waals surface area contributed by atoms with Crippen LogP contribution >= 0.6 is 11.6 Å². The van der Waals surface area contributed by atoms with Gasteiger partial charge in [0.15, 0.2) is 0 Å². The molecule has 0 fully saturated rings. The third-order valence-corrected chi connectivity index (χ3v) is 3.07. The number of ether oxygens (including phenoxy) is 1. The van der Waals surface area contributed by atoms with E-state index < -0.39 is 10.7 Å². The minimum absolute atomic E-state index is 0.00951. The predicted octanol–water partition coefficient (Wildman–Crippen LogP) is 4.31. The zero-order chi connectivity index (χ0) is 15.2. The number of nitrogens with zero attached hydrogens (tertiary/aromatic N) is 1. The Morgan fingerprint density at radius 1 is 1.24 bits per heavy atom. The van der Waals surface area contributed by atoms with Crippen LogP contribution in [-0.2, 0) is 6.61 Å². The molecule has 0 heterocycles. The van der Waals surface area contributed by atoms with Gasteiger partial charge in [-0.1, -0.05) is 29.8 Å². The third kappa shape index (κ3) is 4.29. The first-order chi connectivity index (χ1) is 10.1. The fourth-order valence-corrected chi connectivity index (χ4v) is 1.87. The Kier molecular flexibility index (Phi) is 4.90. The zero-order valence-electron chi connectivity index (χ0n) is 10.8. The summed E-state index contributed by atoms with van der Waals surface area (Å²) in [6, 6.07) is 11.1. The van der Waals surface area contributed by atoms with Gasteiger partial charge in [-0.15, -0.1) is 0 Å². The number of halogens is 2. The van der Waals surface area contributed by atoms with E-state index in [1.165, 1.54) is 18.2 Å². The molecule has 0 saturated heterocycles. The van der Waals surface area contributed by atoms with E-state index in [1.807, 2.05) is 0 Å². The van der Waals surface area contributed by atoms with E-state index in [-0.39, 0.29) is 12.2 Å². The highest BCUT2D eigenvalue weighted by molar-refractivity contribution is 6.31. The van der Waals surface area contributed by atoms with Crippen molar-refractivity contribution in [2.45, 2.75) is 6.61 Å². The second-order valence-electron chi connectivity index (χ2n) is 4.16. The molecule has 0 radical (unpaired) electrons. The highest BCUT2D eigenvalue weighted by Gasteiger charge is 2.07. The van der Waals surface area contributed by atoms with Gasteiger partial charge in [0.25, 0.3) is 0 Å². The van der Waals surface area contributed by atoms with Gasteiger partial charge in [-0.2, -0.15) is 0 Å². The van der Waals surface area contributed by atoms with Crippen molar-refractivity contribution in [3.8, 4) is 5.75 Å². The van der Waals surface area contributed by atoms with Crippen molar-refractivity contribution in [3.05, 3.63) is 80.7 Å². The Hall–Kier alpha value is -2.40. The second kappa shape index (κ2) is 6.85. The lowest BCUT2D eigenvalue weighted by Gasteiger charge is -2.08. The first kappa shape index (κ1) is 15.0. The van der Waals surface area contributed by atoms with Crippen LogP contribution in [0.25, 0.3) is 6.08 Å². The van der Waals surface area contributed by atoms with Crippen molar-refractivity contribution in [1.82, 2.24) is 0 Å². The second-order valence-corrected chi connectivity index (χ2v) is 4.57. The van der Waals surface area contributed by atoms with Crippen molar-refractivity contribution >= 4 is 17.7 Å². The number of nitro groups is 1. The summed E-state index contributed by atoms with van der Waals surface area (Å²) in [6.07, 6.45) is 2.23. The fourth-order valence-electron chi connectivity index (χ4n) is 1.65. The summed E-state index contributed by atoms with van der Waals surface area (Å²) >= 11 is 5.90. The molecule has 108 valence electrons. The lowest BCUT2D eigenvalue weighted by atomic mass is 10.2. The molecule has 0 aliphatic carbocycles. The molecule has 0 unspecified atom stereocenters. The molecule has 2 rings (SSSR count). The monoisotopic (exact) mass is 307 g/mol. The minimum atomic E-state index is -0.537. The Morgan fingerprint density at radius 3 is 2.57 bits per heavy atom. The Bertz CT molecular complexity index is 651. The first-order valence-corrected chi connectivity index (χ1v) is 6.41. The van der Waals surface area contributed by atoms with E-state index in [4.69, 9.17) is 16.3 Å². The Balaban J connectivity index is 2.02. The van der Waals surface area contributed by atoms with Gasteiger partial charge in [0.05, 0.1) is 9.95 Å². The van der Waals surface area contributed by atoms with Crippen molar-refractivity contribution < 1.29 is 14.1 Å². The standard InChI is InChI=1S/C15H11ClFNO3/c16-14-2-1-3-15(17)13(14)10-21-12-6-4-11(5-7-12)8-9-18(19)20/h1-9H,10H2/b9-8-. The number of benzene rings is 2. The maximum absolute atomic E-state index is 13.6. The van der Waals surface area contributed by atoms with Gasteiger partial charge in [0.2, 0.25) is 6.20 Å². The van der Waals surface area contributed by atoms with E-state index in [2.05, 4.69) is 0 Å². The lowest BCUT2D eigenvalue weighted by Crippen LogP contribution is -1.99. The first-order valence-electron chi connectivity index (χ1n) is 6.04. The van der Waals surface area contributed by atoms with Crippen LogP contribution in [0.4, 0.5) is 4.39 Å². The molecular formula is C15H11ClFNO3. The Labute approximate surface area is 125 Å². The molecule has 0 N–H and O–H groups in total. The van der Waals surface area contributed by atoms with Gasteiger partial charge in [0, 0.05) is 11.6 Å². The zero-order valence-corrected chi connectivity index (χ0v) is 11.6. The summed E-state index contributed by atoms with van der Waals surface area (Å²) in [5, 5.41) is 10.5. The van der Waals surface area contributed by atoms with Crippen LogP contribution in [0.5, 0.6) is 5.75 Å². The van der Waals surface area contributed by atoms with Gasteiger partial charge in [-0.25, -0.2) is 4.39 Å². The SMILES string of the molecule is O=[N+]([O-])/C=C\c1ccc(OCc2c(F)cccc2Cl)cc1. The molecule has 2 aromatic carbocycles. The molecule has 0 aliphatic rings. The third-order valence-electron chi connectivity index (χ3n) is 2.71. The van der Waals surface area contributed by atoms with Crippen LogP contribution in [0.2, 0.25) is 5.02 Å². The average Bonchev–Trinajstić information content (AvgIpc) is 2.46. The molecule has 6 heteroatoms. The fraction of sp³-hybridized carbons (Fsp3) is 0.0667. The molecule has 4 nitrogen and oxygen atoms in total. The molecule has 0 spiro atoms. The largest absolute Gasteiger partial charge is 0.489 e. The highest BCUT2D eigenvalue weighted by atomic mass is 35.5. The summed E-state index contributed by atoms with van der Waals surface area (Å²) in [5.41, 5.74) is 0.958. The smallest absolute Gasteiger partial charge is 0.235 e.